The molecule has 0 atom stereocenters. The van der Waals surface area contributed by atoms with Gasteiger partial charge in [-0.05, 0) is 56.9 Å². The summed E-state index contributed by atoms with van der Waals surface area (Å²) in [6, 6.07) is 0. The van der Waals surface area contributed by atoms with Gasteiger partial charge in [0, 0.05) is 21.3 Å². The molecular weight excluding hydrogens is 399 g/mol. The second-order valence-electron chi connectivity index (χ2n) is 7.53. The van der Waals surface area contributed by atoms with Gasteiger partial charge in [0.2, 0.25) is 0 Å². The Bertz CT molecular complexity index is 623. The molecule has 0 saturated heterocycles. The van der Waals surface area contributed by atoms with Crippen LogP contribution in [0.2, 0.25) is 0 Å². The van der Waals surface area contributed by atoms with Crippen molar-refractivity contribution in [1.82, 2.24) is 0 Å². The van der Waals surface area contributed by atoms with E-state index >= 15 is 0 Å². The van der Waals surface area contributed by atoms with Crippen molar-refractivity contribution in [1.29, 1.82) is 0 Å². The predicted molar refractivity (Wildman–Crippen MR) is 126 cm³/mol. The van der Waals surface area contributed by atoms with Crippen molar-refractivity contribution in [3.8, 4) is 11.5 Å². The van der Waals surface area contributed by atoms with Crippen molar-refractivity contribution in [2.24, 2.45) is 0 Å². The molecule has 0 heterocycles. The van der Waals surface area contributed by atoms with E-state index in [-0.39, 0.29) is 0 Å². The Morgan fingerprint density at radius 1 is 0.800 bits per heavy atom. The van der Waals surface area contributed by atoms with Crippen molar-refractivity contribution in [2.75, 3.05) is 13.2 Å². The minimum Gasteiger partial charge on any atom is -0.493 e. The third kappa shape index (κ3) is 8.91. The van der Waals surface area contributed by atoms with Crippen LogP contribution in [0.15, 0.2) is 0 Å². The maximum Gasteiger partial charge on any atom is 0.692 e. The molecule has 1 aromatic carbocycles. The highest BCUT2D eigenvalue weighted by Gasteiger charge is 2.26. The standard InChI is InChI=1S/C24H42O2.HO3P/c1-8-14-16-25-23-18(7)20(12-5)24(26-17-15-9-2)22(21(23)13-6)19(10-3)11-4;1-4(2)3/h19H,8-17H2,1-7H3;(H-,1,2,3)/p+1. The molecule has 0 aliphatic carbocycles. The van der Waals surface area contributed by atoms with Gasteiger partial charge in [0.05, 0.1) is 13.2 Å². The van der Waals surface area contributed by atoms with Crippen LogP contribution >= 0.6 is 8.25 Å². The van der Waals surface area contributed by atoms with E-state index < -0.39 is 8.25 Å². The van der Waals surface area contributed by atoms with Crippen molar-refractivity contribution < 1.29 is 23.8 Å². The van der Waals surface area contributed by atoms with Crippen LogP contribution in [0.5, 0.6) is 11.5 Å². The first kappa shape index (κ1) is 28.8. The maximum atomic E-state index is 8.70. The molecule has 6 heteroatoms. The Labute approximate surface area is 185 Å². The molecule has 0 aromatic heterocycles. The molecule has 1 rings (SSSR count). The van der Waals surface area contributed by atoms with E-state index in [1.165, 1.54) is 40.8 Å². The van der Waals surface area contributed by atoms with E-state index in [2.05, 4.69) is 48.5 Å². The van der Waals surface area contributed by atoms with Gasteiger partial charge in [-0.3, -0.25) is 0 Å². The molecule has 0 radical (unpaired) electrons. The largest absolute Gasteiger partial charge is 0.692 e. The molecule has 0 spiro atoms. The molecule has 0 aliphatic rings. The number of hydrogen-bond acceptors (Lipinski definition) is 3. The lowest BCUT2D eigenvalue weighted by molar-refractivity contribution is 0.289. The van der Waals surface area contributed by atoms with Crippen LogP contribution in [0, 0.1) is 6.92 Å². The second-order valence-corrected chi connectivity index (χ2v) is 8.04. The molecule has 0 fully saturated rings. The predicted octanol–water partition coefficient (Wildman–Crippen LogP) is 7.01. The fourth-order valence-corrected chi connectivity index (χ4v) is 3.86. The van der Waals surface area contributed by atoms with Gasteiger partial charge >= 0.3 is 8.25 Å². The Kier molecular flexibility index (Phi) is 15.9. The van der Waals surface area contributed by atoms with Crippen LogP contribution in [0.4, 0.5) is 0 Å². The van der Waals surface area contributed by atoms with E-state index in [4.69, 9.17) is 23.8 Å². The number of benzene rings is 1. The molecule has 174 valence electrons. The highest BCUT2D eigenvalue weighted by Crippen LogP contribution is 2.45. The normalized spacial score (nSPS) is 10.6. The zero-order valence-corrected chi connectivity index (χ0v) is 21.1. The molecule has 2 N–H and O–H groups in total. The summed E-state index contributed by atoms with van der Waals surface area (Å²) in [6.07, 6.45) is 8.84. The third-order valence-corrected chi connectivity index (χ3v) is 5.50. The summed E-state index contributed by atoms with van der Waals surface area (Å²) in [5.41, 5.74) is 5.46. The topological polar surface area (TPSA) is 76.0 Å². The van der Waals surface area contributed by atoms with Gasteiger partial charge < -0.3 is 9.47 Å². The molecule has 0 saturated carbocycles. The molecule has 30 heavy (non-hydrogen) atoms. The Morgan fingerprint density at radius 2 is 1.23 bits per heavy atom. The number of unbranched alkanes of at least 4 members (excludes halogenated alkanes) is 2. The SMILES string of the molecule is CCCCOc1c(C)c(CC)c(OCCCC)c(C(CC)CC)c1CC.O=[P+](O)O. The van der Waals surface area contributed by atoms with E-state index in [1.54, 1.807) is 0 Å². The Balaban J connectivity index is 0.00000192. The van der Waals surface area contributed by atoms with Gasteiger partial charge in [0.25, 0.3) is 0 Å². The van der Waals surface area contributed by atoms with Crippen LogP contribution in [0.25, 0.3) is 0 Å². The van der Waals surface area contributed by atoms with Gasteiger partial charge in [-0.15, -0.1) is 9.79 Å². The zero-order valence-electron chi connectivity index (χ0n) is 20.2. The summed E-state index contributed by atoms with van der Waals surface area (Å²) in [5.74, 6) is 2.86. The Morgan fingerprint density at radius 3 is 1.60 bits per heavy atom. The fraction of sp³-hybridized carbons (Fsp3) is 0.750. The van der Waals surface area contributed by atoms with E-state index in [0.29, 0.717) is 5.92 Å². The summed E-state index contributed by atoms with van der Waals surface area (Å²) < 4.78 is 21.5. The summed E-state index contributed by atoms with van der Waals surface area (Å²) in [7, 11) is -2.87. The lowest BCUT2D eigenvalue weighted by Gasteiger charge is -2.28. The van der Waals surface area contributed by atoms with Gasteiger partial charge in [-0.1, -0.05) is 54.4 Å². The zero-order chi connectivity index (χ0) is 23.1. The molecule has 0 aliphatic heterocycles. The minimum absolute atomic E-state index is 0.543. The van der Waals surface area contributed by atoms with Crippen LogP contribution < -0.4 is 9.47 Å². The summed E-state index contributed by atoms with van der Waals surface area (Å²) >= 11 is 0. The van der Waals surface area contributed by atoms with Crippen LogP contribution in [-0.4, -0.2) is 23.0 Å². The van der Waals surface area contributed by atoms with Gasteiger partial charge in [0.1, 0.15) is 11.5 Å². The van der Waals surface area contributed by atoms with Crippen molar-refractivity contribution in [3.63, 3.8) is 0 Å². The second kappa shape index (κ2) is 16.5. The van der Waals surface area contributed by atoms with Crippen LogP contribution in [-0.2, 0) is 17.4 Å². The molecule has 0 unspecified atom stereocenters. The monoisotopic (exact) mass is 443 g/mol. The average Bonchev–Trinajstić information content (AvgIpc) is 2.71. The van der Waals surface area contributed by atoms with E-state index in [9.17, 15) is 0 Å². The molecule has 5 nitrogen and oxygen atoms in total. The lowest BCUT2D eigenvalue weighted by Crippen LogP contribution is -2.13. The third-order valence-electron chi connectivity index (χ3n) is 5.50. The fourth-order valence-electron chi connectivity index (χ4n) is 3.86. The first-order valence-corrected chi connectivity index (χ1v) is 12.8. The first-order chi connectivity index (χ1) is 14.3. The Hall–Kier alpha value is -1.16. The smallest absolute Gasteiger partial charge is 0.493 e. The van der Waals surface area contributed by atoms with Crippen molar-refractivity contribution in [3.05, 3.63) is 22.3 Å². The van der Waals surface area contributed by atoms with Crippen LogP contribution in [0.1, 0.15) is 108 Å². The van der Waals surface area contributed by atoms with Gasteiger partial charge in [0.15, 0.2) is 0 Å². The molecule has 1 aromatic rings. The highest BCUT2D eigenvalue weighted by molar-refractivity contribution is 7.30. The number of hydrogen-bond donors (Lipinski definition) is 2. The lowest BCUT2D eigenvalue weighted by atomic mass is 9.83. The quantitative estimate of drug-likeness (QED) is 0.253. The maximum absolute atomic E-state index is 8.70. The first-order valence-electron chi connectivity index (χ1n) is 11.6. The minimum atomic E-state index is -2.87. The number of rotatable bonds is 13. The van der Waals surface area contributed by atoms with Crippen LogP contribution in [0.3, 0.4) is 0 Å². The van der Waals surface area contributed by atoms with E-state index in [1.807, 2.05) is 0 Å². The van der Waals surface area contributed by atoms with Crippen molar-refractivity contribution in [2.45, 2.75) is 106 Å². The van der Waals surface area contributed by atoms with Gasteiger partial charge in [-0.25, -0.2) is 0 Å². The molecule has 0 amide bonds. The van der Waals surface area contributed by atoms with Gasteiger partial charge in [-0.2, -0.15) is 0 Å². The summed E-state index contributed by atoms with van der Waals surface area (Å²) in [6.45, 7) is 17.4. The van der Waals surface area contributed by atoms with Crippen molar-refractivity contribution >= 4 is 8.25 Å². The summed E-state index contributed by atoms with van der Waals surface area (Å²) in [4.78, 5) is 14.2. The average molecular weight is 444 g/mol. The number of ether oxygens (including phenoxy) is 2. The summed E-state index contributed by atoms with van der Waals surface area (Å²) in [5, 5.41) is 0. The highest BCUT2D eigenvalue weighted by atomic mass is 31.1. The van der Waals surface area contributed by atoms with E-state index in [0.717, 1.165) is 57.5 Å². The molecular formula is C24H44O5P+. The molecule has 0 bridgehead atoms.